The van der Waals surface area contributed by atoms with Crippen LogP contribution in [0.1, 0.15) is 25.0 Å². The number of pyridine rings is 1. The molecule has 0 bridgehead atoms. The van der Waals surface area contributed by atoms with E-state index in [-0.39, 0.29) is 5.41 Å². The fourth-order valence-corrected chi connectivity index (χ4v) is 4.06. The number of fused-ring (bicyclic) bond motifs is 2. The van der Waals surface area contributed by atoms with Crippen LogP contribution in [0.3, 0.4) is 0 Å². The highest BCUT2D eigenvalue weighted by Gasteiger charge is 2.34. The number of hydrogen-bond donors (Lipinski definition) is 0. The molecular weight excluding hydrogens is 238 g/mol. The third kappa shape index (κ3) is 1.09. The predicted molar refractivity (Wildman–Crippen MR) is 77.2 cm³/mol. The van der Waals surface area contributed by atoms with Gasteiger partial charge >= 0.3 is 0 Å². The van der Waals surface area contributed by atoms with Crippen molar-refractivity contribution in [3.63, 3.8) is 0 Å². The van der Waals surface area contributed by atoms with Crippen LogP contribution in [-0.4, -0.2) is 4.98 Å². The SMILES string of the molecule is CC1(C)c2cscc2-c2nccc3cccc1c23. The van der Waals surface area contributed by atoms with Gasteiger partial charge in [0.25, 0.3) is 0 Å². The third-order valence-corrected chi connectivity index (χ3v) is 4.80. The van der Waals surface area contributed by atoms with E-state index in [4.69, 9.17) is 0 Å². The normalized spacial score (nSPS) is 15.7. The molecule has 1 aliphatic carbocycles. The minimum absolute atomic E-state index is 0.0743. The molecule has 4 rings (SSSR count). The van der Waals surface area contributed by atoms with Gasteiger partial charge in [0, 0.05) is 27.9 Å². The number of rotatable bonds is 0. The van der Waals surface area contributed by atoms with Crippen molar-refractivity contribution in [2.24, 2.45) is 0 Å². The standard InChI is InChI=1S/C16H13NS/c1-16(2)12-5-3-4-10-6-7-17-15(14(10)12)11-8-18-9-13(11)16/h3-9H,1-2H3. The molecule has 88 valence electrons. The maximum atomic E-state index is 4.62. The zero-order valence-corrected chi connectivity index (χ0v) is 11.2. The van der Waals surface area contributed by atoms with Crippen LogP contribution in [0.15, 0.2) is 41.2 Å². The van der Waals surface area contributed by atoms with Gasteiger partial charge in [0.05, 0.1) is 5.69 Å². The zero-order chi connectivity index (χ0) is 12.3. The summed E-state index contributed by atoms with van der Waals surface area (Å²) >= 11 is 1.77. The molecule has 0 amide bonds. The van der Waals surface area contributed by atoms with Crippen molar-refractivity contribution in [3.05, 3.63) is 52.3 Å². The van der Waals surface area contributed by atoms with E-state index in [9.17, 15) is 0 Å². The first-order valence-corrected chi connectivity index (χ1v) is 7.09. The highest BCUT2D eigenvalue weighted by Crippen LogP contribution is 2.48. The Bertz CT molecular complexity index is 762. The van der Waals surface area contributed by atoms with E-state index >= 15 is 0 Å². The topological polar surface area (TPSA) is 12.9 Å². The molecule has 3 aromatic rings. The first-order chi connectivity index (χ1) is 8.69. The molecule has 2 heteroatoms. The summed E-state index contributed by atoms with van der Waals surface area (Å²) in [6.07, 6.45) is 1.92. The van der Waals surface area contributed by atoms with Gasteiger partial charge in [-0.3, -0.25) is 4.98 Å². The monoisotopic (exact) mass is 251 g/mol. The van der Waals surface area contributed by atoms with Crippen molar-refractivity contribution in [2.75, 3.05) is 0 Å². The molecule has 1 aromatic carbocycles. The zero-order valence-electron chi connectivity index (χ0n) is 10.4. The molecule has 0 spiro atoms. The van der Waals surface area contributed by atoms with Gasteiger partial charge in [0.1, 0.15) is 0 Å². The highest BCUT2D eigenvalue weighted by molar-refractivity contribution is 7.08. The summed E-state index contributed by atoms with van der Waals surface area (Å²) in [7, 11) is 0. The van der Waals surface area contributed by atoms with Crippen molar-refractivity contribution in [1.29, 1.82) is 0 Å². The lowest BCUT2D eigenvalue weighted by Gasteiger charge is -2.32. The fourth-order valence-electron chi connectivity index (χ4n) is 3.06. The van der Waals surface area contributed by atoms with Crippen molar-refractivity contribution in [2.45, 2.75) is 19.3 Å². The molecular formula is C16H13NS. The van der Waals surface area contributed by atoms with Gasteiger partial charge in [-0.05, 0) is 28.0 Å². The molecule has 2 aromatic heterocycles. The molecule has 0 atom stereocenters. The Balaban J connectivity index is 2.30. The molecule has 1 aliphatic rings. The van der Waals surface area contributed by atoms with Crippen LogP contribution in [0.25, 0.3) is 22.0 Å². The summed E-state index contributed by atoms with van der Waals surface area (Å²) in [6.45, 7) is 4.62. The van der Waals surface area contributed by atoms with Gasteiger partial charge in [-0.1, -0.05) is 32.0 Å². The quantitative estimate of drug-likeness (QED) is 0.569. The lowest BCUT2D eigenvalue weighted by Crippen LogP contribution is -2.22. The number of thiophene rings is 1. The lowest BCUT2D eigenvalue weighted by molar-refractivity contribution is 0.647. The van der Waals surface area contributed by atoms with E-state index in [0.717, 1.165) is 5.69 Å². The molecule has 0 N–H and O–H groups in total. The minimum Gasteiger partial charge on any atom is -0.256 e. The molecule has 18 heavy (non-hydrogen) atoms. The summed E-state index contributed by atoms with van der Waals surface area (Å²) in [4.78, 5) is 4.62. The molecule has 0 aliphatic heterocycles. The van der Waals surface area contributed by atoms with Gasteiger partial charge < -0.3 is 0 Å². The smallest absolute Gasteiger partial charge is 0.0794 e. The van der Waals surface area contributed by atoms with Crippen LogP contribution >= 0.6 is 11.3 Å². The van der Waals surface area contributed by atoms with Crippen LogP contribution in [-0.2, 0) is 5.41 Å². The van der Waals surface area contributed by atoms with Gasteiger partial charge in [0.2, 0.25) is 0 Å². The average Bonchev–Trinajstić information content (AvgIpc) is 2.86. The van der Waals surface area contributed by atoms with Crippen molar-refractivity contribution >= 4 is 22.1 Å². The molecule has 1 nitrogen and oxygen atoms in total. The summed E-state index contributed by atoms with van der Waals surface area (Å²) in [6, 6.07) is 8.68. The molecule has 0 unspecified atom stereocenters. The minimum atomic E-state index is 0.0743. The van der Waals surface area contributed by atoms with Crippen molar-refractivity contribution < 1.29 is 0 Å². The van der Waals surface area contributed by atoms with Gasteiger partial charge in [-0.25, -0.2) is 0 Å². The second kappa shape index (κ2) is 3.21. The largest absolute Gasteiger partial charge is 0.256 e. The molecule has 0 saturated carbocycles. The van der Waals surface area contributed by atoms with E-state index < -0.39 is 0 Å². The molecule has 0 radical (unpaired) electrons. The number of benzene rings is 1. The number of aromatic nitrogens is 1. The second-order valence-corrected chi connectivity index (χ2v) is 6.13. The van der Waals surface area contributed by atoms with Crippen LogP contribution in [0.5, 0.6) is 0 Å². The Hall–Kier alpha value is -1.67. The van der Waals surface area contributed by atoms with Crippen LogP contribution in [0.2, 0.25) is 0 Å². The van der Waals surface area contributed by atoms with E-state index in [1.807, 2.05) is 6.20 Å². The van der Waals surface area contributed by atoms with Gasteiger partial charge in [-0.2, -0.15) is 11.3 Å². The molecule has 0 saturated heterocycles. The molecule has 0 fully saturated rings. The van der Waals surface area contributed by atoms with E-state index in [1.54, 1.807) is 11.3 Å². The summed E-state index contributed by atoms with van der Waals surface area (Å²) in [5.41, 5.74) is 5.35. The maximum absolute atomic E-state index is 4.62. The average molecular weight is 251 g/mol. The van der Waals surface area contributed by atoms with Crippen molar-refractivity contribution in [1.82, 2.24) is 4.98 Å². The van der Waals surface area contributed by atoms with Crippen LogP contribution < -0.4 is 0 Å². The summed E-state index contributed by atoms with van der Waals surface area (Å²) in [5, 5.41) is 7.12. The van der Waals surface area contributed by atoms with Crippen LogP contribution in [0, 0.1) is 0 Å². The van der Waals surface area contributed by atoms with Crippen LogP contribution in [0.4, 0.5) is 0 Å². The van der Waals surface area contributed by atoms with Gasteiger partial charge in [-0.15, -0.1) is 0 Å². The van der Waals surface area contributed by atoms with E-state index in [1.165, 1.54) is 27.5 Å². The number of nitrogens with zero attached hydrogens (tertiary/aromatic N) is 1. The Morgan fingerprint density at radius 1 is 1.06 bits per heavy atom. The summed E-state index contributed by atoms with van der Waals surface area (Å²) < 4.78 is 0. The third-order valence-electron chi connectivity index (χ3n) is 4.05. The summed E-state index contributed by atoms with van der Waals surface area (Å²) in [5.74, 6) is 0. The number of hydrogen-bond acceptors (Lipinski definition) is 2. The Kier molecular flexibility index (Phi) is 1.83. The second-order valence-electron chi connectivity index (χ2n) is 5.39. The van der Waals surface area contributed by atoms with Gasteiger partial charge in [0.15, 0.2) is 0 Å². The Labute approximate surface area is 110 Å². The fraction of sp³-hybridized carbons (Fsp3) is 0.188. The highest BCUT2D eigenvalue weighted by atomic mass is 32.1. The van der Waals surface area contributed by atoms with E-state index in [2.05, 4.69) is 53.9 Å². The molecule has 2 heterocycles. The Morgan fingerprint density at radius 2 is 1.94 bits per heavy atom. The first-order valence-electron chi connectivity index (χ1n) is 6.15. The predicted octanol–water partition coefficient (Wildman–Crippen LogP) is 4.60. The Morgan fingerprint density at radius 3 is 2.83 bits per heavy atom. The first kappa shape index (κ1) is 10.3. The lowest BCUT2D eigenvalue weighted by atomic mass is 9.71. The van der Waals surface area contributed by atoms with Crippen molar-refractivity contribution in [3.8, 4) is 11.3 Å². The van der Waals surface area contributed by atoms with E-state index in [0.29, 0.717) is 0 Å². The maximum Gasteiger partial charge on any atom is 0.0794 e.